The first-order valence-electron chi connectivity index (χ1n) is 11.1. The van der Waals surface area contributed by atoms with E-state index in [4.69, 9.17) is 9.84 Å². The Morgan fingerprint density at radius 3 is 2.55 bits per heavy atom. The zero-order valence-corrected chi connectivity index (χ0v) is 18.4. The van der Waals surface area contributed by atoms with Gasteiger partial charge in [-0.25, -0.2) is 4.79 Å². The number of carbonyl (C=O) groups excluding carboxylic acids is 1. The second-order valence-electron chi connectivity index (χ2n) is 8.98. The molecule has 5 N–H and O–H groups in total. The summed E-state index contributed by atoms with van der Waals surface area (Å²) in [5.74, 6) is -1.98. The van der Waals surface area contributed by atoms with Crippen LogP contribution in [0.2, 0.25) is 0 Å². The molecule has 0 amide bonds. The van der Waals surface area contributed by atoms with Gasteiger partial charge in [0.25, 0.3) is 0 Å². The molecule has 8 nitrogen and oxygen atoms in total. The van der Waals surface area contributed by atoms with Gasteiger partial charge in [0.05, 0.1) is 24.2 Å². The lowest BCUT2D eigenvalue weighted by Gasteiger charge is -2.43. The van der Waals surface area contributed by atoms with Crippen molar-refractivity contribution in [3.8, 4) is 0 Å². The van der Waals surface area contributed by atoms with Gasteiger partial charge in [0.2, 0.25) is 0 Å². The fourth-order valence-electron chi connectivity index (χ4n) is 4.49. The zero-order valence-electron chi connectivity index (χ0n) is 18.4. The van der Waals surface area contributed by atoms with Gasteiger partial charge < -0.3 is 30.3 Å². The van der Waals surface area contributed by atoms with E-state index in [1.807, 2.05) is 32.9 Å². The summed E-state index contributed by atoms with van der Waals surface area (Å²) in [6, 6.07) is 0. The minimum absolute atomic E-state index is 0.0367. The summed E-state index contributed by atoms with van der Waals surface area (Å²) in [4.78, 5) is 23.2. The van der Waals surface area contributed by atoms with Crippen molar-refractivity contribution in [3.05, 3.63) is 23.8 Å². The standard InChI is InChI=1S/C23H36O8/c1-4-12(2)23(30)31-19-11-16(25)9-14-6-5-13(3)17(20(14)19)8-7-15(24)10-18(26)21(27)22(28)29/h5-6,9,12-13,15-21,24-27H,4,7-8,10-11H2,1-3H3,(H,28,29)/t12-,13-,15+,16+,17-,18+,19-,20-,21?/m0/s1. The quantitative estimate of drug-likeness (QED) is 0.321. The SMILES string of the molecule is CC[C@H](C)C(=O)O[C@H]1C[C@H](O)C=C2C=C[C@H](C)[C@H](CC[C@@H](O)C[C@@H](O)C(O)C(=O)O)[C@H]21. The second kappa shape index (κ2) is 11.2. The van der Waals surface area contributed by atoms with Crippen molar-refractivity contribution in [2.75, 3.05) is 0 Å². The van der Waals surface area contributed by atoms with Crippen LogP contribution >= 0.6 is 0 Å². The molecule has 8 heteroatoms. The molecule has 2 aliphatic rings. The number of rotatable bonds is 10. The normalized spacial score (nSPS) is 31.7. The highest BCUT2D eigenvalue weighted by atomic mass is 16.5. The minimum Gasteiger partial charge on any atom is -0.479 e. The number of esters is 1. The van der Waals surface area contributed by atoms with E-state index < -0.39 is 36.5 Å². The van der Waals surface area contributed by atoms with E-state index >= 15 is 0 Å². The Kier molecular flexibility index (Phi) is 9.24. The molecule has 2 rings (SSSR count). The van der Waals surface area contributed by atoms with Crippen LogP contribution in [0, 0.1) is 23.7 Å². The van der Waals surface area contributed by atoms with E-state index in [2.05, 4.69) is 0 Å². The van der Waals surface area contributed by atoms with Gasteiger partial charge in [0.1, 0.15) is 6.10 Å². The van der Waals surface area contributed by atoms with Gasteiger partial charge >= 0.3 is 11.9 Å². The maximum absolute atomic E-state index is 12.4. The van der Waals surface area contributed by atoms with Crippen LogP contribution in [0.4, 0.5) is 0 Å². The van der Waals surface area contributed by atoms with E-state index in [-0.39, 0.29) is 36.1 Å². The Morgan fingerprint density at radius 1 is 1.26 bits per heavy atom. The van der Waals surface area contributed by atoms with Crippen molar-refractivity contribution >= 4 is 11.9 Å². The van der Waals surface area contributed by atoms with Crippen molar-refractivity contribution in [3.63, 3.8) is 0 Å². The van der Waals surface area contributed by atoms with Crippen LogP contribution in [0.3, 0.4) is 0 Å². The third-order valence-electron chi connectivity index (χ3n) is 6.62. The Hall–Kier alpha value is -1.74. The van der Waals surface area contributed by atoms with Crippen LogP contribution in [0.25, 0.3) is 0 Å². The van der Waals surface area contributed by atoms with Gasteiger partial charge in [-0.1, -0.05) is 39.0 Å². The van der Waals surface area contributed by atoms with Gasteiger partial charge in [-0.2, -0.15) is 0 Å². The minimum atomic E-state index is -1.94. The molecule has 9 atom stereocenters. The van der Waals surface area contributed by atoms with E-state index in [9.17, 15) is 30.0 Å². The summed E-state index contributed by atoms with van der Waals surface area (Å²) < 4.78 is 5.82. The number of aliphatic hydroxyl groups excluding tert-OH is 4. The van der Waals surface area contributed by atoms with Crippen LogP contribution in [-0.2, 0) is 14.3 Å². The number of aliphatic hydroxyl groups is 4. The molecule has 2 aliphatic carbocycles. The lowest BCUT2D eigenvalue weighted by Crippen LogP contribution is -2.43. The first kappa shape index (κ1) is 25.5. The lowest BCUT2D eigenvalue weighted by atomic mass is 9.66. The van der Waals surface area contributed by atoms with Gasteiger partial charge in [-0.05, 0) is 36.7 Å². The molecule has 0 bridgehead atoms. The van der Waals surface area contributed by atoms with Gasteiger partial charge in [0, 0.05) is 18.8 Å². The van der Waals surface area contributed by atoms with Crippen molar-refractivity contribution in [2.24, 2.45) is 23.7 Å². The average Bonchev–Trinajstić information content (AvgIpc) is 2.71. The summed E-state index contributed by atoms with van der Waals surface area (Å²) in [5.41, 5.74) is 0.916. The fourth-order valence-corrected chi connectivity index (χ4v) is 4.49. The highest BCUT2D eigenvalue weighted by Crippen LogP contribution is 2.44. The average molecular weight is 441 g/mol. The molecule has 0 aromatic heterocycles. The van der Waals surface area contributed by atoms with Crippen LogP contribution in [0.1, 0.15) is 52.9 Å². The number of ether oxygens (including phenoxy) is 1. The second-order valence-corrected chi connectivity index (χ2v) is 8.98. The molecule has 1 unspecified atom stereocenters. The predicted octanol–water partition coefficient (Wildman–Crippen LogP) is 1.41. The topological polar surface area (TPSA) is 145 Å². The molecule has 0 saturated carbocycles. The van der Waals surface area contributed by atoms with Crippen LogP contribution in [0.15, 0.2) is 23.8 Å². The van der Waals surface area contributed by atoms with Crippen molar-refractivity contribution in [1.29, 1.82) is 0 Å². The first-order valence-corrected chi connectivity index (χ1v) is 11.1. The molecular weight excluding hydrogens is 404 g/mol. The number of carboxylic acid groups (broad SMARTS) is 1. The number of hydrogen-bond acceptors (Lipinski definition) is 7. The molecule has 0 aromatic rings. The Morgan fingerprint density at radius 2 is 1.94 bits per heavy atom. The number of allylic oxidation sites excluding steroid dienone is 2. The lowest BCUT2D eigenvalue weighted by molar-refractivity contribution is -0.159. The number of aliphatic carboxylic acids is 1. The predicted molar refractivity (Wildman–Crippen MR) is 113 cm³/mol. The molecular formula is C23H36O8. The van der Waals surface area contributed by atoms with E-state index in [1.54, 1.807) is 6.08 Å². The molecule has 0 saturated heterocycles. The van der Waals surface area contributed by atoms with E-state index in [0.717, 1.165) is 5.57 Å². The molecule has 0 spiro atoms. The summed E-state index contributed by atoms with van der Waals surface area (Å²) in [7, 11) is 0. The summed E-state index contributed by atoms with van der Waals surface area (Å²) in [5, 5.41) is 48.5. The zero-order chi connectivity index (χ0) is 23.3. The third-order valence-corrected chi connectivity index (χ3v) is 6.62. The molecule has 0 radical (unpaired) electrons. The summed E-state index contributed by atoms with van der Waals surface area (Å²) in [6.45, 7) is 5.77. The third kappa shape index (κ3) is 6.62. The highest BCUT2D eigenvalue weighted by Gasteiger charge is 2.42. The number of carbonyl (C=O) groups is 2. The molecule has 31 heavy (non-hydrogen) atoms. The monoisotopic (exact) mass is 440 g/mol. The molecule has 0 aliphatic heterocycles. The Labute approximate surface area is 183 Å². The summed E-state index contributed by atoms with van der Waals surface area (Å²) >= 11 is 0. The smallest absolute Gasteiger partial charge is 0.335 e. The van der Waals surface area contributed by atoms with E-state index in [1.165, 1.54) is 0 Å². The van der Waals surface area contributed by atoms with Gasteiger partial charge in [0.15, 0.2) is 6.10 Å². The maximum Gasteiger partial charge on any atom is 0.335 e. The molecule has 176 valence electrons. The van der Waals surface area contributed by atoms with E-state index in [0.29, 0.717) is 25.7 Å². The molecule has 0 aromatic carbocycles. The first-order chi connectivity index (χ1) is 14.5. The Balaban J connectivity index is 2.10. The highest BCUT2D eigenvalue weighted by molar-refractivity contribution is 5.72. The number of fused-ring (bicyclic) bond motifs is 1. The van der Waals surface area contributed by atoms with Gasteiger partial charge in [-0.15, -0.1) is 0 Å². The summed E-state index contributed by atoms with van der Waals surface area (Å²) in [6.07, 6.45) is 1.73. The molecule has 0 heterocycles. The fraction of sp³-hybridized carbons (Fsp3) is 0.739. The van der Waals surface area contributed by atoms with Crippen molar-refractivity contribution < 1.29 is 39.9 Å². The largest absolute Gasteiger partial charge is 0.479 e. The van der Waals surface area contributed by atoms with Gasteiger partial charge in [-0.3, -0.25) is 4.79 Å². The Bertz CT molecular complexity index is 687. The number of hydrogen-bond donors (Lipinski definition) is 5. The maximum atomic E-state index is 12.4. The number of carboxylic acids is 1. The van der Waals surface area contributed by atoms with Crippen LogP contribution < -0.4 is 0 Å². The van der Waals surface area contributed by atoms with Crippen molar-refractivity contribution in [1.82, 2.24) is 0 Å². The van der Waals surface area contributed by atoms with Crippen molar-refractivity contribution in [2.45, 2.75) is 83.4 Å². The van der Waals surface area contributed by atoms with Crippen LogP contribution in [-0.4, -0.2) is 68.0 Å². The molecule has 0 fully saturated rings. The van der Waals surface area contributed by atoms with Crippen LogP contribution in [0.5, 0.6) is 0 Å².